The maximum Gasteiger partial charge on any atom is 0.0634 e. The fourth-order valence-electron chi connectivity index (χ4n) is 2.21. The van der Waals surface area contributed by atoms with Gasteiger partial charge in [0.25, 0.3) is 0 Å². The summed E-state index contributed by atoms with van der Waals surface area (Å²) in [6.07, 6.45) is 3.53. The molecular formula is C13H20ClN3. The van der Waals surface area contributed by atoms with Crippen molar-refractivity contribution in [2.75, 3.05) is 19.6 Å². The first kappa shape index (κ1) is 12.8. The zero-order valence-electron chi connectivity index (χ0n) is 10.5. The normalized spacial score (nSPS) is 22.0. The maximum atomic E-state index is 6.14. The first-order valence-electron chi connectivity index (χ1n) is 6.21. The molecule has 1 aliphatic rings. The van der Waals surface area contributed by atoms with Crippen LogP contribution in [0.25, 0.3) is 0 Å². The first-order valence-corrected chi connectivity index (χ1v) is 6.58. The van der Waals surface area contributed by atoms with Crippen LogP contribution in [-0.2, 0) is 6.54 Å². The van der Waals surface area contributed by atoms with E-state index in [1.54, 1.807) is 6.20 Å². The Labute approximate surface area is 108 Å². The van der Waals surface area contributed by atoms with Crippen LogP contribution in [0.4, 0.5) is 0 Å². The Kier molecular flexibility index (Phi) is 4.37. The molecule has 1 unspecified atom stereocenters. The molecule has 0 radical (unpaired) electrons. The van der Waals surface area contributed by atoms with E-state index in [0.717, 1.165) is 31.2 Å². The molecule has 0 aromatic carbocycles. The van der Waals surface area contributed by atoms with Crippen LogP contribution in [0.15, 0.2) is 18.5 Å². The van der Waals surface area contributed by atoms with Crippen LogP contribution in [0.2, 0.25) is 5.02 Å². The number of pyridine rings is 1. The van der Waals surface area contributed by atoms with Crippen molar-refractivity contribution < 1.29 is 0 Å². The van der Waals surface area contributed by atoms with Crippen molar-refractivity contribution in [2.45, 2.75) is 26.4 Å². The molecule has 2 heterocycles. The Balaban J connectivity index is 1.97. The number of piperazine rings is 1. The molecule has 0 saturated carbocycles. The largest absolute Gasteiger partial charge is 0.311 e. The van der Waals surface area contributed by atoms with E-state index in [9.17, 15) is 0 Å². The molecular weight excluding hydrogens is 234 g/mol. The second kappa shape index (κ2) is 5.80. The van der Waals surface area contributed by atoms with Gasteiger partial charge in [-0.3, -0.25) is 9.88 Å². The Hall–Kier alpha value is -0.640. The number of nitrogens with zero attached hydrogens (tertiary/aromatic N) is 2. The third-order valence-corrected chi connectivity index (χ3v) is 3.68. The summed E-state index contributed by atoms with van der Waals surface area (Å²) in [7, 11) is 0. The molecule has 1 N–H and O–H groups in total. The van der Waals surface area contributed by atoms with Crippen molar-refractivity contribution in [1.82, 2.24) is 15.2 Å². The van der Waals surface area contributed by atoms with Gasteiger partial charge >= 0.3 is 0 Å². The van der Waals surface area contributed by atoms with E-state index in [-0.39, 0.29) is 0 Å². The average molecular weight is 254 g/mol. The third-order valence-electron chi connectivity index (χ3n) is 3.34. The van der Waals surface area contributed by atoms with Gasteiger partial charge in [-0.05, 0) is 17.5 Å². The highest BCUT2D eigenvalue weighted by Crippen LogP contribution is 2.17. The number of nitrogens with one attached hydrogen (secondary N) is 1. The number of rotatable bonds is 3. The summed E-state index contributed by atoms with van der Waals surface area (Å²) in [6, 6.07) is 2.60. The smallest absolute Gasteiger partial charge is 0.0634 e. The van der Waals surface area contributed by atoms with Crippen LogP contribution in [0.1, 0.15) is 19.4 Å². The lowest BCUT2D eigenvalue weighted by Crippen LogP contribution is -2.52. The second-order valence-electron chi connectivity index (χ2n) is 5.01. The SMILES string of the molecule is CC(C)C1CN(Cc2ccncc2Cl)CCN1. The quantitative estimate of drug-likeness (QED) is 0.895. The van der Waals surface area contributed by atoms with Gasteiger partial charge in [-0.15, -0.1) is 0 Å². The third kappa shape index (κ3) is 3.41. The topological polar surface area (TPSA) is 28.2 Å². The summed E-state index contributed by atoms with van der Waals surface area (Å²) in [5.74, 6) is 0.672. The van der Waals surface area contributed by atoms with Crippen LogP contribution in [0.3, 0.4) is 0 Å². The molecule has 94 valence electrons. The van der Waals surface area contributed by atoms with Gasteiger partial charge in [0.1, 0.15) is 0 Å². The highest BCUT2D eigenvalue weighted by atomic mass is 35.5. The number of aromatic nitrogens is 1. The lowest BCUT2D eigenvalue weighted by Gasteiger charge is -2.35. The second-order valence-corrected chi connectivity index (χ2v) is 5.41. The van der Waals surface area contributed by atoms with Crippen molar-refractivity contribution in [2.24, 2.45) is 5.92 Å². The van der Waals surface area contributed by atoms with Crippen molar-refractivity contribution in [3.63, 3.8) is 0 Å². The summed E-state index contributed by atoms with van der Waals surface area (Å²) in [5, 5.41) is 4.33. The molecule has 2 rings (SSSR count). The molecule has 1 saturated heterocycles. The summed E-state index contributed by atoms with van der Waals surface area (Å²) in [4.78, 5) is 6.48. The van der Waals surface area contributed by atoms with Crippen LogP contribution < -0.4 is 5.32 Å². The lowest BCUT2D eigenvalue weighted by molar-refractivity contribution is 0.168. The lowest BCUT2D eigenvalue weighted by atomic mass is 10.0. The molecule has 0 bridgehead atoms. The summed E-state index contributed by atoms with van der Waals surface area (Å²) < 4.78 is 0. The van der Waals surface area contributed by atoms with Crippen LogP contribution in [0.5, 0.6) is 0 Å². The standard InChI is InChI=1S/C13H20ClN3/c1-10(2)13-9-17(6-5-16-13)8-11-3-4-15-7-12(11)14/h3-4,7,10,13,16H,5-6,8-9H2,1-2H3. The molecule has 1 aliphatic heterocycles. The van der Waals surface area contributed by atoms with Crippen LogP contribution in [-0.4, -0.2) is 35.6 Å². The van der Waals surface area contributed by atoms with Gasteiger partial charge < -0.3 is 5.32 Å². The van der Waals surface area contributed by atoms with Gasteiger partial charge in [-0.1, -0.05) is 25.4 Å². The first-order chi connectivity index (χ1) is 8.16. The van der Waals surface area contributed by atoms with Crippen LogP contribution >= 0.6 is 11.6 Å². The van der Waals surface area contributed by atoms with Gasteiger partial charge in [0, 0.05) is 44.6 Å². The highest BCUT2D eigenvalue weighted by Gasteiger charge is 2.21. The van der Waals surface area contributed by atoms with E-state index in [1.807, 2.05) is 12.3 Å². The number of halogens is 1. The predicted molar refractivity (Wildman–Crippen MR) is 71.2 cm³/mol. The van der Waals surface area contributed by atoms with Crippen molar-refractivity contribution in [1.29, 1.82) is 0 Å². The Morgan fingerprint density at radius 2 is 2.41 bits per heavy atom. The Morgan fingerprint density at radius 3 is 3.12 bits per heavy atom. The van der Waals surface area contributed by atoms with E-state index in [4.69, 9.17) is 11.6 Å². The molecule has 3 nitrogen and oxygen atoms in total. The van der Waals surface area contributed by atoms with E-state index < -0.39 is 0 Å². The van der Waals surface area contributed by atoms with Crippen molar-refractivity contribution in [3.8, 4) is 0 Å². The van der Waals surface area contributed by atoms with Crippen molar-refractivity contribution in [3.05, 3.63) is 29.0 Å². The zero-order chi connectivity index (χ0) is 12.3. The van der Waals surface area contributed by atoms with Crippen LogP contribution in [0, 0.1) is 5.92 Å². The van der Waals surface area contributed by atoms with Gasteiger partial charge in [0.2, 0.25) is 0 Å². The molecule has 1 fully saturated rings. The summed E-state index contributed by atoms with van der Waals surface area (Å²) >= 11 is 6.14. The van der Waals surface area contributed by atoms with E-state index >= 15 is 0 Å². The predicted octanol–water partition coefficient (Wildman–Crippen LogP) is 2.16. The fraction of sp³-hybridized carbons (Fsp3) is 0.615. The van der Waals surface area contributed by atoms with Gasteiger partial charge in [-0.2, -0.15) is 0 Å². The molecule has 17 heavy (non-hydrogen) atoms. The monoisotopic (exact) mass is 253 g/mol. The molecule has 0 amide bonds. The molecule has 1 aromatic rings. The van der Waals surface area contributed by atoms with Gasteiger partial charge in [-0.25, -0.2) is 0 Å². The summed E-state index contributed by atoms with van der Waals surface area (Å²) in [5.41, 5.74) is 1.17. The number of hydrogen-bond donors (Lipinski definition) is 1. The Morgan fingerprint density at radius 1 is 1.59 bits per heavy atom. The molecule has 1 aromatic heterocycles. The average Bonchev–Trinajstić information content (AvgIpc) is 2.32. The van der Waals surface area contributed by atoms with E-state index in [1.165, 1.54) is 5.56 Å². The molecule has 0 spiro atoms. The van der Waals surface area contributed by atoms with Crippen molar-refractivity contribution >= 4 is 11.6 Å². The molecule has 1 atom stereocenters. The van der Waals surface area contributed by atoms with Gasteiger partial charge in [0.15, 0.2) is 0 Å². The van der Waals surface area contributed by atoms with E-state index in [0.29, 0.717) is 12.0 Å². The van der Waals surface area contributed by atoms with E-state index in [2.05, 4.69) is 29.0 Å². The Bertz CT molecular complexity index is 367. The highest BCUT2D eigenvalue weighted by molar-refractivity contribution is 6.31. The maximum absolute atomic E-state index is 6.14. The summed E-state index contributed by atoms with van der Waals surface area (Å²) in [6.45, 7) is 8.69. The number of hydrogen-bond acceptors (Lipinski definition) is 3. The molecule has 0 aliphatic carbocycles. The molecule has 4 heteroatoms. The minimum absolute atomic E-state index is 0.587. The minimum Gasteiger partial charge on any atom is -0.311 e. The zero-order valence-corrected chi connectivity index (χ0v) is 11.2. The minimum atomic E-state index is 0.587. The fourth-order valence-corrected chi connectivity index (χ4v) is 2.38. The van der Waals surface area contributed by atoms with Gasteiger partial charge in [0.05, 0.1) is 5.02 Å².